The summed E-state index contributed by atoms with van der Waals surface area (Å²) in [4.78, 5) is 8.43. The van der Waals surface area contributed by atoms with Crippen LogP contribution in [0, 0.1) is 6.92 Å². The molecule has 0 aliphatic heterocycles. The van der Waals surface area contributed by atoms with Crippen molar-refractivity contribution in [3.8, 4) is 0 Å². The first-order valence-electron chi connectivity index (χ1n) is 5.83. The fourth-order valence-electron chi connectivity index (χ4n) is 1.56. The number of aryl methyl sites for hydroxylation is 1. The Morgan fingerprint density at radius 2 is 2.11 bits per heavy atom. The van der Waals surface area contributed by atoms with Gasteiger partial charge in [-0.05, 0) is 20.8 Å². The van der Waals surface area contributed by atoms with Crippen LogP contribution >= 0.6 is 0 Å². The lowest BCUT2D eigenvalue weighted by molar-refractivity contribution is 0.598. The molecule has 0 amide bonds. The van der Waals surface area contributed by atoms with Crippen molar-refractivity contribution in [2.75, 3.05) is 29.2 Å². The van der Waals surface area contributed by atoms with Gasteiger partial charge in [0.1, 0.15) is 15.7 Å². The second-order valence-electron chi connectivity index (χ2n) is 4.39. The smallest absolute Gasteiger partial charge is 0.224 e. The van der Waals surface area contributed by atoms with Crippen LogP contribution < -0.4 is 10.6 Å². The van der Waals surface area contributed by atoms with Crippen LogP contribution in [-0.4, -0.2) is 43.0 Å². The number of anilines is 2. The van der Waals surface area contributed by atoms with Crippen molar-refractivity contribution < 1.29 is 8.42 Å². The van der Waals surface area contributed by atoms with Gasteiger partial charge in [-0.15, -0.1) is 0 Å². The molecule has 2 N–H and O–H groups in total. The van der Waals surface area contributed by atoms with Gasteiger partial charge < -0.3 is 10.6 Å². The molecule has 0 radical (unpaired) electrons. The maximum absolute atomic E-state index is 11.2. The van der Waals surface area contributed by atoms with E-state index in [4.69, 9.17) is 0 Å². The topological polar surface area (TPSA) is 84.0 Å². The molecule has 1 aromatic heterocycles. The van der Waals surface area contributed by atoms with Gasteiger partial charge >= 0.3 is 0 Å². The van der Waals surface area contributed by atoms with Gasteiger partial charge in [-0.25, -0.2) is 13.4 Å². The number of nitrogens with zero attached hydrogens (tertiary/aromatic N) is 2. The molecule has 18 heavy (non-hydrogen) atoms. The Balaban J connectivity index is 2.79. The molecule has 0 spiro atoms. The zero-order chi connectivity index (χ0) is 13.8. The van der Waals surface area contributed by atoms with E-state index in [1.165, 1.54) is 6.26 Å². The SMILES string of the molecule is CCNc1ncc(C)c(NC(C)CS(C)(=O)=O)n1. The van der Waals surface area contributed by atoms with Crippen LogP contribution in [0.2, 0.25) is 0 Å². The van der Waals surface area contributed by atoms with E-state index >= 15 is 0 Å². The highest BCUT2D eigenvalue weighted by molar-refractivity contribution is 7.90. The van der Waals surface area contributed by atoms with E-state index in [0.29, 0.717) is 11.8 Å². The van der Waals surface area contributed by atoms with Crippen molar-refractivity contribution in [2.24, 2.45) is 0 Å². The molecule has 0 aliphatic rings. The monoisotopic (exact) mass is 272 g/mol. The quantitative estimate of drug-likeness (QED) is 0.805. The Labute approximate surface area is 108 Å². The van der Waals surface area contributed by atoms with Crippen LogP contribution in [0.15, 0.2) is 6.20 Å². The van der Waals surface area contributed by atoms with Gasteiger partial charge in [0.2, 0.25) is 5.95 Å². The lowest BCUT2D eigenvalue weighted by Crippen LogP contribution is -2.26. The fraction of sp³-hybridized carbons (Fsp3) is 0.636. The normalized spacial score (nSPS) is 13.1. The minimum atomic E-state index is -3.00. The Morgan fingerprint density at radius 1 is 1.44 bits per heavy atom. The van der Waals surface area contributed by atoms with Gasteiger partial charge in [-0.2, -0.15) is 4.98 Å². The highest BCUT2D eigenvalue weighted by Crippen LogP contribution is 2.13. The van der Waals surface area contributed by atoms with Gasteiger partial charge in [0.15, 0.2) is 0 Å². The zero-order valence-corrected chi connectivity index (χ0v) is 12.0. The molecule has 0 fully saturated rings. The average molecular weight is 272 g/mol. The van der Waals surface area contributed by atoms with Crippen molar-refractivity contribution >= 4 is 21.6 Å². The van der Waals surface area contributed by atoms with Gasteiger partial charge in [0.25, 0.3) is 0 Å². The molecule has 0 aromatic carbocycles. The summed E-state index contributed by atoms with van der Waals surface area (Å²) < 4.78 is 22.4. The molecule has 6 nitrogen and oxygen atoms in total. The molecule has 1 aromatic rings. The standard InChI is InChI=1S/C11H20N4O2S/c1-5-12-11-13-6-8(2)10(15-11)14-9(3)7-18(4,16)17/h6,9H,5,7H2,1-4H3,(H2,12,13,14,15). The van der Waals surface area contributed by atoms with E-state index in [0.717, 1.165) is 12.1 Å². The second kappa shape index (κ2) is 5.99. The Bertz CT molecular complexity index is 502. The van der Waals surface area contributed by atoms with Crippen LogP contribution in [0.5, 0.6) is 0 Å². The van der Waals surface area contributed by atoms with Crippen molar-refractivity contribution in [1.82, 2.24) is 9.97 Å². The number of nitrogens with one attached hydrogen (secondary N) is 2. The number of sulfone groups is 1. The van der Waals surface area contributed by atoms with E-state index in [2.05, 4.69) is 20.6 Å². The van der Waals surface area contributed by atoms with E-state index in [-0.39, 0.29) is 11.8 Å². The number of hydrogen-bond acceptors (Lipinski definition) is 6. The van der Waals surface area contributed by atoms with E-state index < -0.39 is 9.84 Å². The van der Waals surface area contributed by atoms with Crippen molar-refractivity contribution in [1.29, 1.82) is 0 Å². The minimum Gasteiger partial charge on any atom is -0.366 e. The number of rotatable bonds is 6. The summed E-state index contributed by atoms with van der Waals surface area (Å²) in [6.07, 6.45) is 2.93. The molecular weight excluding hydrogens is 252 g/mol. The van der Waals surface area contributed by atoms with E-state index in [1.807, 2.05) is 20.8 Å². The van der Waals surface area contributed by atoms with Crippen LogP contribution in [0.1, 0.15) is 19.4 Å². The van der Waals surface area contributed by atoms with Crippen LogP contribution in [0.4, 0.5) is 11.8 Å². The molecule has 0 saturated heterocycles. The summed E-state index contributed by atoms with van der Waals surface area (Å²) in [5.74, 6) is 1.28. The van der Waals surface area contributed by atoms with Crippen molar-refractivity contribution in [3.05, 3.63) is 11.8 Å². The third kappa shape index (κ3) is 4.87. The predicted molar refractivity (Wildman–Crippen MR) is 73.7 cm³/mol. The summed E-state index contributed by atoms with van der Waals surface area (Å²) in [6.45, 7) is 6.39. The van der Waals surface area contributed by atoms with Crippen molar-refractivity contribution in [3.63, 3.8) is 0 Å². The van der Waals surface area contributed by atoms with Crippen LogP contribution in [-0.2, 0) is 9.84 Å². The molecule has 1 unspecified atom stereocenters. The first kappa shape index (κ1) is 14.7. The van der Waals surface area contributed by atoms with Gasteiger partial charge in [-0.3, -0.25) is 0 Å². The third-order valence-corrected chi connectivity index (χ3v) is 3.35. The maximum Gasteiger partial charge on any atom is 0.224 e. The van der Waals surface area contributed by atoms with Crippen LogP contribution in [0.3, 0.4) is 0 Å². The second-order valence-corrected chi connectivity index (χ2v) is 6.58. The minimum absolute atomic E-state index is 0.0764. The van der Waals surface area contributed by atoms with Gasteiger partial charge in [-0.1, -0.05) is 0 Å². The molecule has 1 heterocycles. The van der Waals surface area contributed by atoms with Crippen LogP contribution in [0.25, 0.3) is 0 Å². The lowest BCUT2D eigenvalue weighted by Gasteiger charge is -2.15. The number of hydrogen-bond donors (Lipinski definition) is 2. The molecule has 7 heteroatoms. The highest BCUT2D eigenvalue weighted by Gasteiger charge is 2.12. The molecule has 0 saturated carbocycles. The predicted octanol–water partition coefficient (Wildman–Crippen LogP) is 1.06. The lowest BCUT2D eigenvalue weighted by atomic mass is 10.3. The van der Waals surface area contributed by atoms with E-state index in [1.54, 1.807) is 6.20 Å². The molecule has 102 valence electrons. The first-order valence-corrected chi connectivity index (χ1v) is 7.89. The molecular formula is C11H20N4O2S. The van der Waals surface area contributed by atoms with Gasteiger partial charge in [0.05, 0.1) is 5.75 Å². The summed E-state index contributed by atoms with van der Waals surface area (Å²) in [6, 6.07) is -0.192. The summed E-state index contributed by atoms with van der Waals surface area (Å²) >= 11 is 0. The largest absolute Gasteiger partial charge is 0.366 e. The fourth-order valence-corrected chi connectivity index (χ4v) is 2.55. The summed E-state index contributed by atoms with van der Waals surface area (Å²) in [7, 11) is -3.00. The maximum atomic E-state index is 11.2. The highest BCUT2D eigenvalue weighted by atomic mass is 32.2. The molecule has 0 bridgehead atoms. The molecule has 1 atom stereocenters. The zero-order valence-electron chi connectivity index (χ0n) is 11.2. The Kier molecular flexibility index (Phi) is 4.89. The summed E-state index contributed by atoms with van der Waals surface area (Å²) in [5.41, 5.74) is 0.886. The first-order chi connectivity index (χ1) is 8.31. The third-order valence-electron chi connectivity index (χ3n) is 2.24. The van der Waals surface area contributed by atoms with E-state index in [9.17, 15) is 8.42 Å². The summed E-state index contributed by atoms with van der Waals surface area (Å²) in [5, 5.41) is 6.11. The Hall–Kier alpha value is -1.37. The average Bonchev–Trinajstić information content (AvgIpc) is 2.20. The van der Waals surface area contributed by atoms with Crippen molar-refractivity contribution in [2.45, 2.75) is 26.8 Å². The molecule has 1 rings (SSSR count). The number of aromatic nitrogens is 2. The van der Waals surface area contributed by atoms with Gasteiger partial charge in [0, 0.05) is 30.6 Å². The molecule has 0 aliphatic carbocycles. The Morgan fingerprint density at radius 3 is 2.67 bits per heavy atom.